The normalized spacial score (nSPS) is 18.0. The first-order valence-electron chi connectivity index (χ1n) is 11.0. The van der Waals surface area contributed by atoms with Crippen molar-refractivity contribution >= 4 is 11.8 Å². The van der Waals surface area contributed by atoms with Crippen molar-refractivity contribution in [3.63, 3.8) is 0 Å². The molecule has 9 heteroatoms. The summed E-state index contributed by atoms with van der Waals surface area (Å²) in [6, 6.07) is 19.5. The average molecular weight is 461 g/mol. The van der Waals surface area contributed by atoms with E-state index in [0.29, 0.717) is 36.2 Å². The van der Waals surface area contributed by atoms with Crippen LogP contribution in [0.5, 0.6) is 23.0 Å². The minimum Gasteiger partial charge on any atom is -0.486 e. The zero-order chi connectivity index (χ0) is 23.3. The highest BCUT2D eigenvalue weighted by atomic mass is 16.6. The summed E-state index contributed by atoms with van der Waals surface area (Å²) in [6.45, 7) is 1.13. The number of rotatable bonds is 6. The fraction of sp³-hybridized carbons (Fsp3) is 0.240. The Bertz CT molecular complexity index is 1110. The lowest BCUT2D eigenvalue weighted by molar-refractivity contribution is 0.0782. The predicted molar refractivity (Wildman–Crippen MR) is 122 cm³/mol. The van der Waals surface area contributed by atoms with Gasteiger partial charge in [0.2, 0.25) is 0 Å². The summed E-state index contributed by atoms with van der Waals surface area (Å²) < 4.78 is 23.0. The summed E-state index contributed by atoms with van der Waals surface area (Å²) in [4.78, 5) is 29.4. The van der Waals surface area contributed by atoms with E-state index < -0.39 is 11.8 Å². The van der Waals surface area contributed by atoms with E-state index in [0.717, 1.165) is 0 Å². The fourth-order valence-corrected chi connectivity index (χ4v) is 3.61. The molecule has 0 fully saturated rings. The Morgan fingerprint density at radius 3 is 1.59 bits per heavy atom. The number of nitrogens with one attached hydrogen (secondary N) is 2. The quantitative estimate of drug-likeness (QED) is 0.580. The van der Waals surface area contributed by atoms with Gasteiger partial charge in [0.15, 0.2) is 23.0 Å². The molecule has 0 saturated carbocycles. The molecule has 5 rings (SSSR count). The van der Waals surface area contributed by atoms with Gasteiger partial charge in [-0.3, -0.25) is 9.59 Å². The van der Waals surface area contributed by atoms with Crippen LogP contribution in [0.1, 0.15) is 21.0 Å². The molecule has 3 aromatic rings. The topological polar surface area (TPSA) is 108 Å². The molecule has 3 heterocycles. The van der Waals surface area contributed by atoms with Crippen LogP contribution in [-0.4, -0.2) is 55.3 Å². The first-order chi connectivity index (χ1) is 16.7. The van der Waals surface area contributed by atoms with E-state index in [1.165, 1.54) is 0 Å². The molecule has 2 aliphatic heterocycles. The number of fused-ring (bicyclic) bond motifs is 2. The first kappa shape index (κ1) is 21.6. The number of amides is 2. The molecule has 2 atom stereocenters. The van der Waals surface area contributed by atoms with Gasteiger partial charge in [-0.15, -0.1) is 0 Å². The molecular weight excluding hydrogens is 438 g/mol. The van der Waals surface area contributed by atoms with Gasteiger partial charge < -0.3 is 29.6 Å². The number of para-hydroxylation sites is 4. The largest absolute Gasteiger partial charge is 0.486 e. The van der Waals surface area contributed by atoms with Crippen LogP contribution in [-0.2, 0) is 0 Å². The van der Waals surface area contributed by atoms with Gasteiger partial charge in [0.1, 0.15) is 36.8 Å². The number of aromatic nitrogens is 1. The zero-order valence-corrected chi connectivity index (χ0v) is 18.2. The van der Waals surface area contributed by atoms with Gasteiger partial charge in [0.25, 0.3) is 11.8 Å². The molecule has 0 aliphatic carbocycles. The van der Waals surface area contributed by atoms with E-state index in [9.17, 15) is 9.59 Å². The minimum absolute atomic E-state index is 0.135. The fourth-order valence-electron chi connectivity index (χ4n) is 3.61. The van der Waals surface area contributed by atoms with Crippen molar-refractivity contribution in [1.29, 1.82) is 0 Å². The summed E-state index contributed by atoms with van der Waals surface area (Å²) in [5, 5.41) is 5.57. The third-order valence-electron chi connectivity index (χ3n) is 5.33. The van der Waals surface area contributed by atoms with Crippen LogP contribution >= 0.6 is 0 Å². The van der Waals surface area contributed by atoms with Crippen molar-refractivity contribution in [3.8, 4) is 23.0 Å². The second-order valence-electron chi connectivity index (χ2n) is 7.82. The Kier molecular flexibility index (Phi) is 6.15. The van der Waals surface area contributed by atoms with E-state index in [4.69, 9.17) is 18.9 Å². The van der Waals surface area contributed by atoms with E-state index >= 15 is 0 Å². The van der Waals surface area contributed by atoms with Crippen LogP contribution in [0.4, 0.5) is 0 Å². The molecule has 174 valence electrons. The number of hydrogen-bond donors (Lipinski definition) is 2. The lowest BCUT2D eigenvalue weighted by Gasteiger charge is -2.26. The van der Waals surface area contributed by atoms with Crippen molar-refractivity contribution in [2.24, 2.45) is 0 Å². The summed E-state index contributed by atoms with van der Waals surface area (Å²) in [5.41, 5.74) is 0.270. The highest BCUT2D eigenvalue weighted by molar-refractivity contribution is 5.96. The molecule has 9 nitrogen and oxygen atoms in total. The number of carbonyl (C=O) groups is 2. The van der Waals surface area contributed by atoms with E-state index in [1.54, 1.807) is 18.2 Å². The van der Waals surface area contributed by atoms with Gasteiger partial charge in [0, 0.05) is 0 Å². The van der Waals surface area contributed by atoms with Crippen LogP contribution in [0.15, 0.2) is 66.7 Å². The van der Waals surface area contributed by atoms with Gasteiger partial charge >= 0.3 is 0 Å². The molecule has 0 saturated heterocycles. The van der Waals surface area contributed by atoms with Crippen LogP contribution in [0.2, 0.25) is 0 Å². The molecule has 2 aliphatic rings. The maximum absolute atomic E-state index is 12.6. The molecule has 34 heavy (non-hydrogen) atoms. The maximum Gasteiger partial charge on any atom is 0.270 e. The van der Waals surface area contributed by atoms with Crippen molar-refractivity contribution in [2.45, 2.75) is 12.2 Å². The maximum atomic E-state index is 12.6. The van der Waals surface area contributed by atoms with Gasteiger partial charge in [-0.2, -0.15) is 0 Å². The Morgan fingerprint density at radius 1 is 0.676 bits per heavy atom. The number of pyridine rings is 1. The van der Waals surface area contributed by atoms with Crippen molar-refractivity contribution in [3.05, 3.63) is 78.1 Å². The lowest BCUT2D eigenvalue weighted by atomic mass is 10.2. The third-order valence-corrected chi connectivity index (χ3v) is 5.33. The van der Waals surface area contributed by atoms with Gasteiger partial charge in [-0.05, 0) is 36.4 Å². The number of benzene rings is 2. The van der Waals surface area contributed by atoms with Crippen LogP contribution in [0.3, 0.4) is 0 Å². The number of hydrogen-bond acceptors (Lipinski definition) is 7. The highest BCUT2D eigenvalue weighted by Crippen LogP contribution is 2.31. The molecule has 1 aromatic heterocycles. The lowest BCUT2D eigenvalue weighted by Crippen LogP contribution is -2.41. The number of carbonyl (C=O) groups excluding carboxylic acids is 2. The molecule has 0 bridgehead atoms. The van der Waals surface area contributed by atoms with Gasteiger partial charge in [-0.25, -0.2) is 4.98 Å². The van der Waals surface area contributed by atoms with Crippen molar-refractivity contribution < 1.29 is 28.5 Å². The highest BCUT2D eigenvalue weighted by Gasteiger charge is 2.23. The molecule has 2 unspecified atom stereocenters. The summed E-state index contributed by atoms with van der Waals surface area (Å²) >= 11 is 0. The zero-order valence-electron chi connectivity index (χ0n) is 18.2. The van der Waals surface area contributed by atoms with Crippen LogP contribution in [0.25, 0.3) is 0 Å². The predicted octanol–water partition coefficient (Wildman–Crippen LogP) is 2.22. The molecule has 2 aromatic carbocycles. The summed E-state index contributed by atoms with van der Waals surface area (Å²) in [6.07, 6.45) is -0.652. The molecule has 0 spiro atoms. The van der Waals surface area contributed by atoms with E-state index in [-0.39, 0.29) is 36.7 Å². The second kappa shape index (κ2) is 9.70. The Balaban J connectivity index is 1.13. The minimum atomic E-state index is -0.405. The second-order valence-corrected chi connectivity index (χ2v) is 7.82. The summed E-state index contributed by atoms with van der Waals surface area (Å²) in [5.74, 6) is 1.83. The average Bonchev–Trinajstić information content (AvgIpc) is 2.90. The first-order valence-corrected chi connectivity index (χ1v) is 11.0. The number of ether oxygens (including phenoxy) is 4. The van der Waals surface area contributed by atoms with Crippen molar-refractivity contribution in [2.75, 3.05) is 26.3 Å². The van der Waals surface area contributed by atoms with Crippen LogP contribution < -0.4 is 29.6 Å². The van der Waals surface area contributed by atoms with Gasteiger partial charge in [-0.1, -0.05) is 30.3 Å². The van der Waals surface area contributed by atoms with E-state index in [1.807, 2.05) is 48.5 Å². The third kappa shape index (κ3) is 4.88. The Hall–Kier alpha value is -4.27. The molecule has 2 amide bonds. The smallest absolute Gasteiger partial charge is 0.270 e. The van der Waals surface area contributed by atoms with E-state index in [2.05, 4.69) is 15.6 Å². The van der Waals surface area contributed by atoms with Crippen LogP contribution in [0, 0.1) is 0 Å². The Labute approximate surface area is 196 Å². The molecule has 0 radical (unpaired) electrons. The monoisotopic (exact) mass is 461 g/mol. The standard InChI is InChI=1S/C25H23N3O6/c29-24(26-12-16-14-31-20-8-1-3-10-22(20)33-16)18-6-5-7-19(28-18)25(30)27-13-17-15-32-21-9-2-4-11-23(21)34-17/h1-11,16-17H,12-15H2,(H,26,29)(H,27,30). The molecular formula is C25H23N3O6. The molecule has 2 N–H and O–H groups in total. The summed E-state index contributed by atoms with van der Waals surface area (Å²) in [7, 11) is 0. The number of nitrogens with zero attached hydrogens (tertiary/aromatic N) is 1. The Morgan fingerprint density at radius 2 is 1.12 bits per heavy atom. The van der Waals surface area contributed by atoms with Crippen molar-refractivity contribution in [1.82, 2.24) is 15.6 Å². The SMILES string of the molecule is O=C(NCC1COc2ccccc2O1)c1cccc(C(=O)NCC2COc3ccccc3O2)n1. The van der Waals surface area contributed by atoms with Gasteiger partial charge in [0.05, 0.1) is 13.1 Å².